The zero-order valence-electron chi connectivity index (χ0n) is 17.9. The Morgan fingerprint density at radius 3 is 1.40 bits per heavy atom. The van der Waals surface area contributed by atoms with Gasteiger partial charge in [-0.15, -0.1) is 0 Å². The third-order valence-corrected chi connectivity index (χ3v) is 6.97. The third-order valence-electron chi connectivity index (χ3n) is 4.57. The van der Waals surface area contributed by atoms with Gasteiger partial charge in [-0.25, -0.2) is 4.79 Å². The molecular weight excluding hydrogens is 476 g/mol. The number of phenolic OH excluding ortho intramolecular Hbond substituents is 6. The Bertz CT molecular complexity index is 1250. The van der Waals surface area contributed by atoms with Gasteiger partial charge in [0.25, 0.3) is 0 Å². The summed E-state index contributed by atoms with van der Waals surface area (Å²) in [7, 11) is -1.30. The van der Waals surface area contributed by atoms with E-state index in [0.29, 0.717) is 4.90 Å². The van der Waals surface area contributed by atoms with Crippen LogP contribution in [0.5, 0.6) is 40.2 Å². The average Bonchev–Trinajstić information content (AvgIpc) is 2.78. The lowest BCUT2D eigenvalue weighted by molar-refractivity contribution is -0.268. The molecule has 0 aliphatic rings. The number of hydrogen-bond donors (Lipinski definition) is 7. The van der Waals surface area contributed by atoms with Gasteiger partial charge in [-0.2, -0.15) is 0 Å². The van der Waals surface area contributed by atoms with E-state index in [4.69, 9.17) is 5.11 Å². The lowest BCUT2D eigenvalue weighted by atomic mass is 10.2. The van der Waals surface area contributed by atoms with Gasteiger partial charge in [0.05, 0.1) is 5.56 Å². The molecule has 4 aromatic carbocycles. The Hall–Kier alpha value is -4.70. The van der Waals surface area contributed by atoms with Crippen molar-refractivity contribution in [1.29, 1.82) is 0 Å². The molecular formula is C25H20O9S. The quantitative estimate of drug-likeness (QED) is 0.208. The smallest absolute Gasteiger partial charge is 0.335 e. The number of carbonyl (C=O) groups is 1. The number of para-hydroxylation sites is 1. The summed E-state index contributed by atoms with van der Waals surface area (Å²) in [6.45, 7) is 0. The van der Waals surface area contributed by atoms with E-state index in [2.05, 4.69) is 0 Å². The molecule has 4 aromatic rings. The number of aromatic carboxylic acids is 1. The molecule has 0 saturated heterocycles. The Kier molecular flexibility index (Phi) is 7.47. The number of phenols is 6. The van der Waals surface area contributed by atoms with E-state index in [0.717, 1.165) is 24.3 Å². The molecule has 0 aromatic heterocycles. The van der Waals surface area contributed by atoms with Crippen molar-refractivity contribution in [2.75, 3.05) is 0 Å². The van der Waals surface area contributed by atoms with Crippen LogP contribution in [-0.2, 0) is 10.9 Å². The van der Waals surface area contributed by atoms with Gasteiger partial charge in [-0.1, -0.05) is 42.1 Å². The predicted octanol–water partition coefficient (Wildman–Crippen LogP) is 3.47. The maximum Gasteiger partial charge on any atom is 0.335 e. The topological polar surface area (TPSA) is 182 Å². The minimum Gasteiger partial charge on any atom is -0.872 e. The number of aromatic hydroxyl groups is 6. The molecule has 0 fully saturated rings. The molecule has 0 atom stereocenters. The molecule has 9 nitrogen and oxygen atoms in total. The van der Waals surface area contributed by atoms with Gasteiger partial charge in [0.2, 0.25) is 9.79 Å². The van der Waals surface area contributed by atoms with Crippen molar-refractivity contribution in [2.45, 2.75) is 14.7 Å². The fraction of sp³-hybridized carbons (Fsp3) is 0. The molecule has 0 bridgehead atoms. The minimum absolute atomic E-state index is 0.0280. The van der Waals surface area contributed by atoms with Crippen molar-refractivity contribution in [1.82, 2.24) is 0 Å². The number of carboxylic acids is 1. The maximum absolute atomic E-state index is 10.7. The van der Waals surface area contributed by atoms with Gasteiger partial charge in [-0.05, 0) is 18.2 Å². The number of carboxylic acid groups (broad SMARTS) is 1. The first-order chi connectivity index (χ1) is 16.6. The highest BCUT2D eigenvalue weighted by molar-refractivity contribution is 7.97. The summed E-state index contributed by atoms with van der Waals surface area (Å²) in [5, 5.41) is 79.2. The Morgan fingerprint density at radius 2 is 1.03 bits per heavy atom. The second kappa shape index (κ2) is 10.5. The summed E-state index contributed by atoms with van der Waals surface area (Å²) >= 11 is 0. The van der Waals surface area contributed by atoms with Gasteiger partial charge in [-0.3, -0.25) is 0 Å². The second-order valence-corrected chi connectivity index (χ2v) is 8.95. The van der Waals surface area contributed by atoms with Gasteiger partial charge >= 0.3 is 5.97 Å². The molecule has 180 valence electrons. The van der Waals surface area contributed by atoms with Crippen LogP contribution in [0, 0.1) is 0 Å². The van der Waals surface area contributed by atoms with Gasteiger partial charge < -0.3 is 40.9 Å². The highest BCUT2D eigenvalue weighted by Crippen LogP contribution is 2.49. The van der Waals surface area contributed by atoms with E-state index in [1.165, 1.54) is 24.3 Å². The predicted molar refractivity (Wildman–Crippen MR) is 124 cm³/mol. The first-order valence-corrected chi connectivity index (χ1v) is 11.1. The van der Waals surface area contributed by atoms with Crippen LogP contribution in [0.15, 0.2) is 93.5 Å². The number of rotatable bonds is 4. The van der Waals surface area contributed by atoms with Crippen LogP contribution in [0.3, 0.4) is 0 Å². The van der Waals surface area contributed by atoms with Crippen LogP contribution in [0.1, 0.15) is 10.4 Å². The third kappa shape index (κ3) is 5.63. The van der Waals surface area contributed by atoms with Gasteiger partial charge in [0, 0.05) is 24.3 Å². The molecule has 0 radical (unpaired) electrons. The largest absolute Gasteiger partial charge is 0.872 e. The molecule has 0 amide bonds. The van der Waals surface area contributed by atoms with E-state index >= 15 is 0 Å². The molecule has 0 heterocycles. The summed E-state index contributed by atoms with van der Waals surface area (Å²) in [4.78, 5) is 10.9. The number of benzene rings is 4. The second-order valence-electron chi connectivity index (χ2n) is 7.05. The van der Waals surface area contributed by atoms with Crippen LogP contribution in [0.25, 0.3) is 0 Å². The zero-order chi connectivity index (χ0) is 25.7. The van der Waals surface area contributed by atoms with Crippen molar-refractivity contribution in [2.24, 2.45) is 0 Å². The summed E-state index contributed by atoms with van der Waals surface area (Å²) in [5.41, 5.74) is -0.178. The number of hydrogen-bond acceptors (Lipinski definition) is 8. The first kappa shape index (κ1) is 24.9. The highest BCUT2D eigenvalue weighted by Gasteiger charge is 2.40. The average molecular weight is 496 g/mol. The Morgan fingerprint density at radius 1 is 0.629 bits per heavy atom. The molecule has 0 aliphatic carbocycles. The van der Waals surface area contributed by atoms with E-state index < -0.39 is 45.6 Å². The fourth-order valence-corrected chi connectivity index (χ4v) is 5.30. The summed E-state index contributed by atoms with van der Waals surface area (Å²) in [6, 6.07) is 18.4. The van der Waals surface area contributed by atoms with Crippen LogP contribution in [-0.4, -0.2) is 41.7 Å². The van der Waals surface area contributed by atoms with E-state index in [9.17, 15) is 40.5 Å². The molecule has 0 saturated carbocycles. The van der Waals surface area contributed by atoms with Crippen LogP contribution < -0.4 is 5.11 Å². The van der Waals surface area contributed by atoms with Crippen molar-refractivity contribution < 1.29 is 45.6 Å². The lowest BCUT2D eigenvalue weighted by Crippen LogP contribution is -2.06. The molecule has 0 aliphatic heterocycles. The monoisotopic (exact) mass is 496 g/mol. The van der Waals surface area contributed by atoms with E-state index in [1.807, 2.05) is 0 Å². The van der Waals surface area contributed by atoms with Crippen molar-refractivity contribution in [3.05, 3.63) is 84.4 Å². The minimum atomic E-state index is -1.30. The molecule has 7 N–H and O–H groups in total. The van der Waals surface area contributed by atoms with E-state index in [1.54, 1.807) is 30.3 Å². The molecule has 0 spiro atoms. The normalized spacial score (nSPS) is 10.4. The van der Waals surface area contributed by atoms with Gasteiger partial charge in [0.1, 0.15) is 22.4 Å². The van der Waals surface area contributed by atoms with E-state index in [-0.39, 0.29) is 26.9 Å². The first-order valence-electron chi connectivity index (χ1n) is 9.88. The summed E-state index contributed by atoms with van der Waals surface area (Å²) < 4.78 is 0. The Labute approximate surface area is 202 Å². The fourth-order valence-electron chi connectivity index (χ4n) is 3.12. The van der Waals surface area contributed by atoms with Gasteiger partial charge in [0.15, 0.2) is 27.9 Å². The molecule has 4 rings (SSSR count). The summed E-state index contributed by atoms with van der Waals surface area (Å²) in [5.74, 6) is -3.84. The van der Waals surface area contributed by atoms with Crippen molar-refractivity contribution in [3.8, 4) is 40.2 Å². The highest BCUT2D eigenvalue weighted by atomic mass is 32.2. The zero-order valence-corrected chi connectivity index (χ0v) is 18.7. The standard InChI is InChI=1S/C18H14O6S.C7H6O3/c19-10-6-13(21)17(14(22)7-10)25(12-4-2-1-3-5-12)18-15(23)8-11(20)9-16(18)24;8-6-4-2-1-3-5(6)7(9)10/h1-9H,(H5-,19,20,21,22,23,24);1-4,8H,(H,9,10). The maximum atomic E-state index is 10.7. The van der Waals surface area contributed by atoms with Crippen molar-refractivity contribution in [3.63, 3.8) is 0 Å². The van der Waals surface area contributed by atoms with Crippen LogP contribution in [0.2, 0.25) is 0 Å². The lowest BCUT2D eigenvalue weighted by Gasteiger charge is -2.13. The molecule has 0 unspecified atom stereocenters. The molecule has 35 heavy (non-hydrogen) atoms. The summed E-state index contributed by atoms with van der Waals surface area (Å²) in [6.07, 6.45) is 0. The molecule has 10 heteroatoms. The van der Waals surface area contributed by atoms with Crippen LogP contribution in [0.4, 0.5) is 0 Å². The SMILES string of the molecule is O=C(O)c1ccccc1[O-].Oc1cc(O)c([S+](c2ccccc2)c2c(O)cc(O)cc2O)c(O)c1. The van der Waals surface area contributed by atoms with Crippen LogP contribution >= 0.6 is 0 Å². The van der Waals surface area contributed by atoms with Crippen molar-refractivity contribution >= 4 is 16.9 Å². The Balaban J connectivity index is 0.000000287.